The van der Waals surface area contributed by atoms with Crippen molar-refractivity contribution in [2.75, 3.05) is 54.4 Å². The van der Waals surface area contributed by atoms with Crippen LogP contribution in [0.2, 0.25) is 0 Å². The summed E-state index contributed by atoms with van der Waals surface area (Å²) in [6, 6.07) is 0. The van der Waals surface area contributed by atoms with Gasteiger partial charge >= 0.3 is 0 Å². The van der Waals surface area contributed by atoms with Gasteiger partial charge in [0.1, 0.15) is 0 Å². The summed E-state index contributed by atoms with van der Waals surface area (Å²) in [5.74, 6) is 0. The molecule has 0 saturated heterocycles. The molecule has 0 heterocycles. The Kier molecular flexibility index (Phi) is 40.5. The molecule has 0 aromatic carbocycles. The van der Waals surface area contributed by atoms with Crippen molar-refractivity contribution in [3.63, 3.8) is 0 Å². The fourth-order valence-electron chi connectivity index (χ4n) is 8.54. The minimum Gasteiger partial charge on any atom is -0.328 e. The topological polar surface area (TPSA) is 0 Å². The standard InChI is InChI=1S/C50H106N2/c1-7-9-11-13-15-17-19-21-23-25-27-29-31-35-39-43-47-51(3,4)49-45-41-37-33-34-38-42-46-50-52(5,6)48-44-40-36-32-30-28-26-24-22-20-18-16-14-12-10-8-2/h7-50H2,1-6H3/q+2. The molecule has 0 bridgehead atoms. The average molecular weight is 735 g/mol. The van der Waals surface area contributed by atoms with Gasteiger partial charge in [0.25, 0.3) is 0 Å². The van der Waals surface area contributed by atoms with Crippen LogP contribution in [0, 0.1) is 0 Å². The maximum Gasteiger partial charge on any atom is 0.0782 e. The zero-order chi connectivity index (χ0) is 38.1. The zero-order valence-corrected chi connectivity index (χ0v) is 38.0. The van der Waals surface area contributed by atoms with Gasteiger partial charge in [-0.3, -0.25) is 0 Å². The van der Waals surface area contributed by atoms with Crippen molar-refractivity contribution in [2.45, 2.75) is 271 Å². The summed E-state index contributed by atoms with van der Waals surface area (Å²) in [6.45, 7) is 10.1. The highest BCUT2D eigenvalue weighted by molar-refractivity contribution is 4.53. The van der Waals surface area contributed by atoms with E-state index in [0.717, 1.165) is 0 Å². The van der Waals surface area contributed by atoms with Crippen molar-refractivity contribution < 1.29 is 8.97 Å². The first-order valence-corrected chi connectivity index (χ1v) is 25.0. The molecule has 0 amide bonds. The molecule has 0 atom stereocenters. The molecule has 0 rings (SSSR count). The van der Waals surface area contributed by atoms with Gasteiger partial charge in [0.2, 0.25) is 0 Å². The molecule has 0 aliphatic rings. The highest BCUT2D eigenvalue weighted by atomic mass is 15.3. The normalized spacial score (nSPS) is 12.3. The molecular weight excluding hydrogens is 629 g/mol. The minimum absolute atomic E-state index is 1.24. The van der Waals surface area contributed by atoms with Crippen molar-refractivity contribution in [2.24, 2.45) is 0 Å². The van der Waals surface area contributed by atoms with Crippen LogP contribution < -0.4 is 0 Å². The van der Waals surface area contributed by atoms with Crippen molar-refractivity contribution in [3.05, 3.63) is 0 Å². The Balaban J connectivity index is 3.41. The third kappa shape index (κ3) is 42.7. The van der Waals surface area contributed by atoms with E-state index in [2.05, 4.69) is 42.0 Å². The predicted octanol–water partition coefficient (Wildman–Crippen LogP) is 16.8. The lowest BCUT2D eigenvalue weighted by atomic mass is 10.0. The van der Waals surface area contributed by atoms with Gasteiger partial charge in [0.15, 0.2) is 0 Å². The van der Waals surface area contributed by atoms with Gasteiger partial charge in [0, 0.05) is 0 Å². The molecule has 0 aliphatic heterocycles. The van der Waals surface area contributed by atoms with E-state index in [-0.39, 0.29) is 0 Å². The third-order valence-corrected chi connectivity index (χ3v) is 12.5. The largest absolute Gasteiger partial charge is 0.328 e. The van der Waals surface area contributed by atoms with Gasteiger partial charge in [0.05, 0.1) is 54.4 Å². The first kappa shape index (κ1) is 51.9. The number of quaternary nitrogens is 2. The van der Waals surface area contributed by atoms with E-state index in [1.165, 1.54) is 292 Å². The van der Waals surface area contributed by atoms with Crippen LogP contribution in [0.25, 0.3) is 0 Å². The van der Waals surface area contributed by atoms with Crippen LogP contribution in [-0.4, -0.2) is 63.3 Å². The van der Waals surface area contributed by atoms with Crippen LogP contribution in [0.15, 0.2) is 0 Å². The Labute approximate surface area is 333 Å². The Morgan fingerprint density at radius 3 is 0.423 bits per heavy atom. The number of unbranched alkanes of at least 4 members (excludes halogenated alkanes) is 37. The van der Waals surface area contributed by atoms with E-state index >= 15 is 0 Å². The second-order valence-electron chi connectivity index (χ2n) is 19.2. The van der Waals surface area contributed by atoms with Gasteiger partial charge in [-0.25, -0.2) is 0 Å². The number of nitrogens with zero attached hydrogens (tertiary/aromatic N) is 2. The fourth-order valence-corrected chi connectivity index (χ4v) is 8.54. The summed E-state index contributed by atoms with van der Waals surface area (Å²) >= 11 is 0. The first-order chi connectivity index (χ1) is 25.3. The van der Waals surface area contributed by atoms with Crippen molar-refractivity contribution in [1.29, 1.82) is 0 Å². The van der Waals surface area contributed by atoms with Gasteiger partial charge in [-0.1, -0.05) is 219 Å². The first-order valence-electron chi connectivity index (χ1n) is 25.0. The lowest BCUT2D eigenvalue weighted by Crippen LogP contribution is -2.41. The molecule has 0 aromatic rings. The van der Waals surface area contributed by atoms with Crippen LogP contribution in [0.4, 0.5) is 0 Å². The van der Waals surface area contributed by atoms with E-state index < -0.39 is 0 Å². The van der Waals surface area contributed by atoms with E-state index in [4.69, 9.17) is 0 Å². The maximum absolute atomic E-state index is 2.48. The monoisotopic (exact) mass is 735 g/mol. The summed E-state index contributed by atoms with van der Waals surface area (Å²) in [6.07, 6.45) is 58.5. The lowest BCUT2D eigenvalue weighted by molar-refractivity contribution is -0.890. The van der Waals surface area contributed by atoms with Crippen LogP contribution in [-0.2, 0) is 0 Å². The SMILES string of the molecule is CCCCCCCCCCCCCCCCCC[N+](C)(C)CCCCCCCCCC[N+](C)(C)CCCCCCCCCCCCCCCCCC. The molecule has 52 heavy (non-hydrogen) atoms. The lowest BCUT2D eigenvalue weighted by Gasteiger charge is -2.30. The molecule has 0 N–H and O–H groups in total. The van der Waals surface area contributed by atoms with Gasteiger partial charge in [-0.15, -0.1) is 0 Å². The smallest absolute Gasteiger partial charge is 0.0782 e. The number of hydrogen-bond acceptors (Lipinski definition) is 0. The van der Waals surface area contributed by atoms with Gasteiger partial charge in [-0.05, 0) is 51.4 Å². The highest BCUT2D eigenvalue weighted by Crippen LogP contribution is 2.17. The van der Waals surface area contributed by atoms with Crippen molar-refractivity contribution in [1.82, 2.24) is 0 Å². The molecular formula is C50H106N2+2. The summed E-state index contributed by atoms with van der Waals surface area (Å²) < 4.78 is 2.48. The van der Waals surface area contributed by atoms with Crippen LogP contribution >= 0.6 is 0 Å². The highest BCUT2D eigenvalue weighted by Gasteiger charge is 2.15. The molecule has 314 valence electrons. The van der Waals surface area contributed by atoms with E-state index in [1.807, 2.05) is 0 Å². The second kappa shape index (κ2) is 40.6. The molecule has 2 nitrogen and oxygen atoms in total. The zero-order valence-electron chi connectivity index (χ0n) is 38.0. The molecule has 0 fully saturated rings. The molecule has 0 aliphatic carbocycles. The minimum atomic E-state index is 1.24. The van der Waals surface area contributed by atoms with Crippen molar-refractivity contribution in [3.8, 4) is 0 Å². The Morgan fingerprint density at radius 1 is 0.173 bits per heavy atom. The Hall–Kier alpha value is -0.0800. The van der Waals surface area contributed by atoms with E-state index in [1.54, 1.807) is 0 Å². The van der Waals surface area contributed by atoms with Crippen LogP contribution in [0.3, 0.4) is 0 Å². The summed E-state index contributed by atoms with van der Waals surface area (Å²) in [5.41, 5.74) is 0. The summed E-state index contributed by atoms with van der Waals surface area (Å²) in [4.78, 5) is 0. The number of rotatable bonds is 45. The Morgan fingerprint density at radius 2 is 0.288 bits per heavy atom. The maximum atomic E-state index is 2.48. The predicted molar refractivity (Wildman–Crippen MR) is 240 cm³/mol. The van der Waals surface area contributed by atoms with Crippen LogP contribution in [0.5, 0.6) is 0 Å². The number of hydrogen-bond donors (Lipinski definition) is 0. The van der Waals surface area contributed by atoms with E-state index in [0.29, 0.717) is 0 Å². The van der Waals surface area contributed by atoms with Crippen molar-refractivity contribution >= 4 is 0 Å². The summed E-state index contributed by atoms with van der Waals surface area (Å²) in [7, 11) is 9.91. The van der Waals surface area contributed by atoms with Gasteiger partial charge in [-0.2, -0.15) is 0 Å². The summed E-state index contributed by atoms with van der Waals surface area (Å²) in [5, 5.41) is 0. The van der Waals surface area contributed by atoms with E-state index in [9.17, 15) is 0 Å². The quantitative estimate of drug-likeness (QED) is 0.0432. The third-order valence-electron chi connectivity index (χ3n) is 12.5. The molecule has 2 heteroatoms. The molecule has 0 spiro atoms. The second-order valence-corrected chi connectivity index (χ2v) is 19.2. The molecule has 0 radical (unpaired) electrons. The molecule has 0 unspecified atom stereocenters. The Bertz CT molecular complexity index is 599. The molecule has 0 saturated carbocycles. The average Bonchev–Trinajstić information content (AvgIpc) is 3.12. The van der Waals surface area contributed by atoms with Crippen LogP contribution in [0.1, 0.15) is 271 Å². The van der Waals surface area contributed by atoms with Gasteiger partial charge < -0.3 is 8.97 Å². The fraction of sp³-hybridized carbons (Fsp3) is 1.00. The molecule has 0 aromatic heterocycles.